The molecule has 1 aliphatic rings. The number of nitrogens with zero attached hydrogens (tertiary/aromatic N) is 1. The summed E-state index contributed by atoms with van der Waals surface area (Å²) >= 11 is 0. The molecule has 7 nitrogen and oxygen atoms in total. The van der Waals surface area contributed by atoms with Crippen molar-refractivity contribution >= 4 is 6.03 Å². The maximum atomic E-state index is 12.8. The van der Waals surface area contributed by atoms with Crippen LogP contribution < -0.4 is 15.0 Å². The second-order valence-electron chi connectivity index (χ2n) is 8.07. The van der Waals surface area contributed by atoms with Crippen LogP contribution in [-0.2, 0) is 4.84 Å². The zero-order valence-corrected chi connectivity index (χ0v) is 16.9. The fourth-order valence-corrected chi connectivity index (χ4v) is 3.26. The maximum Gasteiger partial charge on any atom is 0.440 e. The number of hydrogen-bond donors (Lipinski definition) is 2. The molecule has 0 saturated carbocycles. The monoisotopic (exact) mass is 381 g/mol. The quantitative estimate of drug-likeness (QED) is 0.561. The van der Waals surface area contributed by atoms with Crippen molar-refractivity contribution in [3.05, 3.63) is 24.3 Å². The van der Waals surface area contributed by atoms with E-state index in [9.17, 15) is 9.90 Å². The Morgan fingerprint density at radius 3 is 2.41 bits per heavy atom. The summed E-state index contributed by atoms with van der Waals surface area (Å²) in [7, 11) is 1.58. The molecule has 0 aromatic heterocycles. The van der Waals surface area contributed by atoms with E-state index in [1.54, 1.807) is 19.2 Å². The van der Waals surface area contributed by atoms with E-state index in [2.05, 4.69) is 5.48 Å². The van der Waals surface area contributed by atoms with Crippen LogP contribution in [0.5, 0.6) is 11.5 Å². The number of quaternary nitrogens is 1. The van der Waals surface area contributed by atoms with Gasteiger partial charge in [-0.05, 0) is 52.2 Å². The third kappa shape index (κ3) is 6.37. The van der Waals surface area contributed by atoms with Crippen molar-refractivity contribution < 1.29 is 28.7 Å². The van der Waals surface area contributed by atoms with E-state index in [1.165, 1.54) is 0 Å². The summed E-state index contributed by atoms with van der Waals surface area (Å²) in [5, 5.41) is 10.6. The molecule has 2 N–H and O–H groups in total. The molecule has 27 heavy (non-hydrogen) atoms. The highest BCUT2D eigenvalue weighted by Gasteiger charge is 2.41. The van der Waals surface area contributed by atoms with Gasteiger partial charge < -0.3 is 14.6 Å². The van der Waals surface area contributed by atoms with Crippen molar-refractivity contribution in [2.45, 2.75) is 51.7 Å². The zero-order valence-electron chi connectivity index (χ0n) is 16.9. The summed E-state index contributed by atoms with van der Waals surface area (Å²) in [6.45, 7) is 7.38. The van der Waals surface area contributed by atoms with Crippen molar-refractivity contribution in [3.63, 3.8) is 0 Å². The number of carbonyl (C=O) groups excluding carboxylic acids is 1. The number of ether oxygens (including phenoxy) is 2. The number of likely N-dealkylation sites (tertiary alicyclic amines) is 1. The van der Waals surface area contributed by atoms with Crippen molar-refractivity contribution in [1.29, 1.82) is 0 Å². The third-order valence-corrected chi connectivity index (χ3v) is 4.61. The van der Waals surface area contributed by atoms with Gasteiger partial charge in [-0.25, -0.2) is 9.28 Å². The second kappa shape index (κ2) is 9.39. The summed E-state index contributed by atoms with van der Waals surface area (Å²) in [4.78, 5) is 18.3. The molecule has 0 aliphatic carbocycles. The van der Waals surface area contributed by atoms with Gasteiger partial charge >= 0.3 is 6.03 Å². The Morgan fingerprint density at radius 1 is 1.19 bits per heavy atom. The first-order valence-corrected chi connectivity index (χ1v) is 9.54. The smallest absolute Gasteiger partial charge is 0.440 e. The number of benzene rings is 1. The molecule has 1 fully saturated rings. The molecular weight excluding hydrogens is 348 g/mol. The molecule has 0 radical (unpaired) electrons. The van der Waals surface area contributed by atoms with Gasteiger partial charge in [0.2, 0.25) is 0 Å². The van der Waals surface area contributed by atoms with Crippen LogP contribution in [0.3, 0.4) is 0 Å². The highest BCUT2D eigenvalue weighted by atomic mass is 16.7. The van der Waals surface area contributed by atoms with Crippen molar-refractivity contribution in [1.82, 2.24) is 5.48 Å². The lowest BCUT2D eigenvalue weighted by molar-refractivity contribution is -0.860. The molecule has 1 heterocycles. The minimum atomic E-state index is -0.784. The second-order valence-corrected chi connectivity index (χ2v) is 8.07. The highest BCUT2D eigenvalue weighted by Crippen LogP contribution is 2.26. The molecule has 1 atom stereocenters. The summed E-state index contributed by atoms with van der Waals surface area (Å²) in [6, 6.07) is 7.09. The molecular formula is C20H33N2O5+. The molecule has 0 bridgehead atoms. The molecule has 1 aromatic carbocycles. The number of nitrogens with one attached hydrogen (secondary N) is 1. The van der Waals surface area contributed by atoms with Crippen LogP contribution >= 0.6 is 0 Å². The lowest BCUT2D eigenvalue weighted by Crippen LogP contribution is -2.63. The van der Waals surface area contributed by atoms with Crippen LogP contribution in [0.15, 0.2) is 24.3 Å². The number of para-hydroxylation sites is 2. The third-order valence-electron chi connectivity index (χ3n) is 4.61. The number of urea groups is 1. The van der Waals surface area contributed by atoms with Gasteiger partial charge in [0.15, 0.2) is 11.5 Å². The first-order valence-electron chi connectivity index (χ1n) is 9.54. The molecule has 7 heteroatoms. The van der Waals surface area contributed by atoms with E-state index in [-0.39, 0.29) is 23.7 Å². The Morgan fingerprint density at radius 2 is 1.81 bits per heavy atom. The minimum Gasteiger partial charge on any atom is -0.493 e. The SMILES string of the molecule is COc1ccccc1OCC(O)C[N+]1(C(=O)NOC(C)(C)C)CCCCC1. The van der Waals surface area contributed by atoms with E-state index in [1.807, 2.05) is 32.9 Å². The number of hydroxylamine groups is 1. The van der Waals surface area contributed by atoms with Gasteiger partial charge in [-0.3, -0.25) is 4.84 Å². The number of aliphatic hydroxyl groups is 1. The summed E-state index contributed by atoms with van der Waals surface area (Å²) in [6.07, 6.45) is 2.21. The van der Waals surface area contributed by atoms with Gasteiger partial charge in [0.05, 0.1) is 25.8 Å². The molecule has 1 aromatic rings. The Labute approximate surface area is 161 Å². The predicted molar refractivity (Wildman–Crippen MR) is 103 cm³/mol. The Kier molecular flexibility index (Phi) is 7.47. The number of aliphatic hydroxyl groups excluding tert-OH is 1. The van der Waals surface area contributed by atoms with E-state index in [0.717, 1.165) is 19.3 Å². The van der Waals surface area contributed by atoms with Gasteiger partial charge in [-0.1, -0.05) is 12.1 Å². The first-order chi connectivity index (χ1) is 12.8. The number of methoxy groups -OCH3 is 1. The number of piperidine rings is 1. The number of rotatable bonds is 7. The van der Waals surface area contributed by atoms with Crippen LogP contribution in [0.1, 0.15) is 40.0 Å². The fourth-order valence-electron chi connectivity index (χ4n) is 3.26. The molecule has 152 valence electrons. The van der Waals surface area contributed by atoms with E-state index >= 15 is 0 Å². The molecule has 2 rings (SSSR count). The van der Waals surface area contributed by atoms with Crippen LogP contribution in [0, 0.1) is 0 Å². The lowest BCUT2D eigenvalue weighted by atomic mass is 10.1. The minimum absolute atomic E-state index is 0.0911. The molecule has 1 aliphatic heterocycles. The van der Waals surface area contributed by atoms with Crippen LogP contribution in [0.4, 0.5) is 4.79 Å². The molecule has 1 unspecified atom stereocenters. The van der Waals surface area contributed by atoms with E-state index in [0.29, 0.717) is 24.6 Å². The topological polar surface area (TPSA) is 77.0 Å². The zero-order chi connectivity index (χ0) is 19.9. The molecule has 0 spiro atoms. The standard InChI is InChI=1S/C20H32N2O5/c1-20(2,3)27-21-19(24)22(12-8-5-9-13-22)14-16(23)15-26-18-11-7-6-10-17(18)25-4/h6-7,10-11,16,23H,5,8-9,12-15H2,1-4H3/p+1. The number of carbonyl (C=O) groups is 1. The van der Waals surface area contributed by atoms with Crippen LogP contribution in [0.25, 0.3) is 0 Å². The van der Waals surface area contributed by atoms with Gasteiger partial charge in [-0.2, -0.15) is 5.48 Å². The van der Waals surface area contributed by atoms with Crippen molar-refractivity contribution in [3.8, 4) is 11.5 Å². The average Bonchev–Trinajstić information content (AvgIpc) is 2.64. The normalized spacial score (nSPS) is 17.8. The van der Waals surface area contributed by atoms with Gasteiger partial charge in [0, 0.05) is 0 Å². The Hall–Kier alpha value is -1.83. The Bertz CT molecular complexity index is 609. The average molecular weight is 381 g/mol. The van der Waals surface area contributed by atoms with E-state index in [4.69, 9.17) is 14.3 Å². The maximum absolute atomic E-state index is 12.8. The van der Waals surface area contributed by atoms with Crippen molar-refractivity contribution in [2.75, 3.05) is 33.4 Å². The predicted octanol–water partition coefficient (Wildman–Crippen LogP) is 2.88. The van der Waals surface area contributed by atoms with Crippen LogP contribution in [-0.4, -0.2) is 60.7 Å². The van der Waals surface area contributed by atoms with Gasteiger partial charge in [-0.15, -0.1) is 0 Å². The fraction of sp³-hybridized carbons (Fsp3) is 0.650. The Balaban J connectivity index is 1.99. The van der Waals surface area contributed by atoms with Crippen LogP contribution in [0.2, 0.25) is 0 Å². The van der Waals surface area contributed by atoms with Gasteiger partial charge in [0.25, 0.3) is 0 Å². The summed E-state index contributed by atoms with van der Waals surface area (Å²) in [5.74, 6) is 1.19. The first kappa shape index (κ1) is 21.5. The van der Waals surface area contributed by atoms with E-state index < -0.39 is 11.7 Å². The number of hydrogen-bond acceptors (Lipinski definition) is 5. The molecule has 1 saturated heterocycles. The summed E-state index contributed by atoms with van der Waals surface area (Å²) in [5.41, 5.74) is 2.12. The largest absolute Gasteiger partial charge is 0.493 e. The van der Waals surface area contributed by atoms with Crippen molar-refractivity contribution in [2.24, 2.45) is 0 Å². The lowest BCUT2D eigenvalue weighted by Gasteiger charge is -2.39. The summed E-state index contributed by atoms with van der Waals surface area (Å²) < 4.78 is 11.1. The van der Waals surface area contributed by atoms with Gasteiger partial charge in [0.1, 0.15) is 19.3 Å². The highest BCUT2D eigenvalue weighted by molar-refractivity contribution is 5.65. The molecule has 2 amide bonds. The number of amides is 2.